The molecule has 24 heavy (non-hydrogen) atoms. The van der Waals surface area contributed by atoms with Crippen LogP contribution in [-0.2, 0) is 7.05 Å². The van der Waals surface area contributed by atoms with Gasteiger partial charge in [-0.3, -0.25) is 9.48 Å². The molecule has 122 valence electrons. The van der Waals surface area contributed by atoms with Crippen molar-refractivity contribution in [2.75, 3.05) is 13.1 Å². The van der Waals surface area contributed by atoms with Gasteiger partial charge in [-0.2, -0.15) is 10.1 Å². The fourth-order valence-electron chi connectivity index (χ4n) is 3.00. The Balaban J connectivity index is 1.49. The summed E-state index contributed by atoms with van der Waals surface area (Å²) in [6.07, 6.45) is 2.45. The highest BCUT2D eigenvalue weighted by atomic mass is 16.5. The van der Waals surface area contributed by atoms with Crippen molar-refractivity contribution >= 4 is 5.91 Å². The molecule has 4 rings (SSSR count). The van der Waals surface area contributed by atoms with Gasteiger partial charge in [-0.1, -0.05) is 35.5 Å². The van der Waals surface area contributed by atoms with Crippen LogP contribution in [0.2, 0.25) is 0 Å². The molecule has 1 atom stereocenters. The van der Waals surface area contributed by atoms with E-state index in [1.54, 1.807) is 24.0 Å². The molecule has 1 aliphatic heterocycles. The van der Waals surface area contributed by atoms with Gasteiger partial charge in [0.15, 0.2) is 0 Å². The summed E-state index contributed by atoms with van der Waals surface area (Å²) in [4.78, 5) is 18.8. The van der Waals surface area contributed by atoms with E-state index in [0.29, 0.717) is 30.5 Å². The zero-order chi connectivity index (χ0) is 16.5. The Morgan fingerprint density at radius 1 is 1.25 bits per heavy atom. The van der Waals surface area contributed by atoms with Gasteiger partial charge in [0, 0.05) is 31.9 Å². The second kappa shape index (κ2) is 5.92. The zero-order valence-corrected chi connectivity index (χ0v) is 13.3. The van der Waals surface area contributed by atoms with E-state index >= 15 is 0 Å². The standard InChI is InChI=1S/C17H17N5O2/c1-21-14(7-9-18-21)17(23)22-10-8-13(11-22)16-19-15(20-24-16)12-5-3-2-4-6-12/h2-7,9,13H,8,10-11H2,1H3/t13-/m1/s1. The van der Waals surface area contributed by atoms with Gasteiger partial charge in [0.25, 0.3) is 5.91 Å². The number of aromatic nitrogens is 4. The molecule has 0 aliphatic carbocycles. The molecule has 1 amide bonds. The Morgan fingerprint density at radius 2 is 2.08 bits per heavy atom. The van der Waals surface area contributed by atoms with Crippen LogP contribution in [0.5, 0.6) is 0 Å². The Kier molecular flexibility index (Phi) is 3.60. The van der Waals surface area contributed by atoms with Gasteiger partial charge in [-0.15, -0.1) is 0 Å². The first-order chi connectivity index (χ1) is 11.7. The van der Waals surface area contributed by atoms with Crippen molar-refractivity contribution in [1.82, 2.24) is 24.8 Å². The number of hydrogen-bond donors (Lipinski definition) is 0. The fraction of sp³-hybridized carbons (Fsp3) is 0.294. The molecule has 2 aromatic heterocycles. The number of hydrogen-bond acceptors (Lipinski definition) is 5. The van der Waals surface area contributed by atoms with E-state index in [0.717, 1.165) is 12.0 Å². The molecule has 1 saturated heterocycles. The van der Waals surface area contributed by atoms with E-state index in [9.17, 15) is 4.79 Å². The molecule has 3 aromatic rings. The Hall–Kier alpha value is -2.96. The normalized spacial score (nSPS) is 17.4. The summed E-state index contributed by atoms with van der Waals surface area (Å²) in [6.45, 7) is 1.26. The quantitative estimate of drug-likeness (QED) is 0.737. The maximum atomic E-state index is 12.5. The summed E-state index contributed by atoms with van der Waals surface area (Å²) < 4.78 is 7.02. The minimum atomic E-state index is -0.0136. The van der Waals surface area contributed by atoms with Crippen molar-refractivity contribution in [3.8, 4) is 11.4 Å². The Morgan fingerprint density at radius 3 is 2.83 bits per heavy atom. The van der Waals surface area contributed by atoms with E-state index in [1.165, 1.54) is 0 Å². The molecule has 0 saturated carbocycles. The number of amides is 1. The lowest BCUT2D eigenvalue weighted by molar-refractivity contribution is 0.0778. The van der Waals surface area contributed by atoms with Gasteiger partial charge in [-0.25, -0.2) is 0 Å². The summed E-state index contributed by atoms with van der Waals surface area (Å²) in [5, 5.41) is 8.11. The number of carbonyl (C=O) groups excluding carboxylic acids is 1. The minimum absolute atomic E-state index is 0.0136. The monoisotopic (exact) mass is 323 g/mol. The average molecular weight is 323 g/mol. The zero-order valence-electron chi connectivity index (χ0n) is 13.3. The summed E-state index contributed by atoms with van der Waals surface area (Å²) >= 11 is 0. The van der Waals surface area contributed by atoms with Crippen LogP contribution in [0, 0.1) is 0 Å². The van der Waals surface area contributed by atoms with Crippen LogP contribution >= 0.6 is 0 Å². The predicted molar refractivity (Wildman–Crippen MR) is 86.2 cm³/mol. The first kappa shape index (κ1) is 14.6. The number of aryl methyl sites for hydroxylation is 1. The summed E-state index contributed by atoms with van der Waals surface area (Å²) in [6, 6.07) is 11.5. The van der Waals surface area contributed by atoms with Crippen molar-refractivity contribution < 1.29 is 9.32 Å². The van der Waals surface area contributed by atoms with E-state index in [-0.39, 0.29) is 11.8 Å². The van der Waals surface area contributed by atoms with Gasteiger partial charge in [0.05, 0.1) is 5.92 Å². The number of benzene rings is 1. The van der Waals surface area contributed by atoms with Crippen LogP contribution in [0.4, 0.5) is 0 Å². The summed E-state index contributed by atoms with van der Waals surface area (Å²) in [7, 11) is 1.77. The molecule has 7 nitrogen and oxygen atoms in total. The highest BCUT2D eigenvalue weighted by Crippen LogP contribution is 2.28. The van der Waals surface area contributed by atoms with Crippen LogP contribution in [0.1, 0.15) is 28.7 Å². The summed E-state index contributed by atoms with van der Waals surface area (Å²) in [5.41, 5.74) is 1.51. The number of nitrogens with zero attached hydrogens (tertiary/aromatic N) is 5. The lowest BCUT2D eigenvalue weighted by atomic mass is 10.1. The van der Waals surface area contributed by atoms with Gasteiger partial charge >= 0.3 is 0 Å². The molecule has 0 bridgehead atoms. The van der Waals surface area contributed by atoms with E-state index in [2.05, 4.69) is 15.2 Å². The number of likely N-dealkylation sites (tertiary alicyclic amines) is 1. The van der Waals surface area contributed by atoms with Gasteiger partial charge < -0.3 is 9.42 Å². The molecule has 0 N–H and O–H groups in total. The predicted octanol–water partition coefficient (Wildman–Crippen LogP) is 2.10. The lowest BCUT2D eigenvalue weighted by Crippen LogP contribution is -2.30. The molecule has 1 aromatic carbocycles. The SMILES string of the molecule is Cn1nccc1C(=O)N1CC[C@@H](c2nc(-c3ccccc3)no2)C1. The topological polar surface area (TPSA) is 77.1 Å². The minimum Gasteiger partial charge on any atom is -0.339 e. The maximum Gasteiger partial charge on any atom is 0.272 e. The second-order valence-electron chi connectivity index (χ2n) is 5.90. The molecule has 3 heterocycles. The molecule has 7 heteroatoms. The van der Waals surface area contributed by atoms with Gasteiger partial charge in [0.1, 0.15) is 5.69 Å². The second-order valence-corrected chi connectivity index (χ2v) is 5.90. The molecule has 0 radical (unpaired) electrons. The largest absolute Gasteiger partial charge is 0.339 e. The Bertz CT molecular complexity index is 855. The molecular weight excluding hydrogens is 306 g/mol. The first-order valence-corrected chi connectivity index (χ1v) is 7.88. The van der Waals surface area contributed by atoms with Crippen molar-refractivity contribution in [3.63, 3.8) is 0 Å². The van der Waals surface area contributed by atoms with Crippen molar-refractivity contribution in [2.45, 2.75) is 12.3 Å². The van der Waals surface area contributed by atoms with Crippen LogP contribution in [0.3, 0.4) is 0 Å². The third-order valence-electron chi connectivity index (χ3n) is 4.34. The van der Waals surface area contributed by atoms with Gasteiger partial charge in [0.2, 0.25) is 11.7 Å². The third kappa shape index (κ3) is 2.58. The lowest BCUT2D eigenvalue weighted by Gasteiger charge is -2.15. The molecule has 0 spiro atoms. The highest BCUT2D eigenvalue weighted by molar-refractivity contribution is 5.92. The molecular formula is C17H17N5O2. The highest BCUT2D eigenvalue weighted by Gasteiger charge is 2.32. The molecule has 1 aliphatic rings. The Labute approximate surface area is 138 Å². The van der Waals surface area contributed by atoms with E-state index < -0.39 is 0 Å². The van der Waals surface area contributed by atoms with E-state index in [4.69, 9.17) is 4.52 Å². The van der Waals surface area contributed by atoms with Gasteiger partial charge in [-0.05, 0) is 12.5 Å². The maximum absolute atomic E-state index is 12.5. The third-order valence-corrected chi connectivity index (χ3v) is 4.34. The van der Waals surface area contributed by atoms with Crippen molar-refractivity contribution in [1.29, 1.82) is 0 Å². The van der Waals surface area contributed by atoms with Crippen molar-refractivity contribution in [3.05, 3.63) is 54.2 Å². The number of rotatable bonds is 3. The van der Waals surface area contributed by atoms with Crippen LogP contribution in [-0.4, -0.2) is 43.8 Å². The fourth-order valence-corrected chi connectivity index (χ4v) is 3.00. The van der Waals surface area contributed by atoms with Crippen LogP contribution in [0.15, 0.2) is 47.1 Å². The average Bonchev–Trinajstić information content (AvgIpc) is 3.35. The smallest absolute Gasteiger partial charge is 0.272 e. The van der Waals surface area contributed by atoms with Crippen LogP contribution in [0.25, 0.3) is 11.4 Å². The van der Waals surface area contributed by atoms with Crippen LogP contribution < -0.4 is 0 Å². The molecule has 0 unspecified atom stereocenters. The molecule has 1 fully saturated rings. The number of carbonyl (C=O) groups is 1. The van der Waals surface area contributed by atoms with Crippen molar-refractivity contribution in [2.24, 2.45) is 7.05 Å². The first-order valence-electron chi connectivity index (χ1n) is 7.88. The van der Waals surface area contributed by atoms with E-state index in [1.807, 2.05) is 35.2 Å². The summed E-state index contributed by atoms with van der Waals surface area (Å²) in [5.74, 6) is 1.24.